The third kappa shape index (κ3) is 4.32. The standard InChI is InChI=1S/C23H24Cl3N3O/c1-15-21(23(30)28-12-4-2-3-5-13-28)27-29(20-11-10-18(25)14-19(20)26)22(15)16-6-8-17(24)9-7-16/h6-11,14-15,22H,2-5,12-13H2,1H3/t15-,22+/m1/s1. The maximum atomic E-state index is 13.4. The number of anilines is 1. The Balaban J connectivity index is 1.73. The van der Waals surface area contributed by atoms with Crippen LogP contribution >= 0.6 is 34.8 Å². The molecular formula is C23H24Cl3N3O. The van der Waals surface area contributed by atoms with Gasteiger partial charge in [0.2, 0.25) is 0 Å². The van der Waals surface area contributed by atoms with Gasteiger partial charge in [-0.2, -0.15) is 5.10 Å². The van der Waals surface area contributed by atoms with E-state index in [1.165, 1.54) is 12.8 Å². The summed E-state index contributed by atoms with van der Waals surface area (Å²) in [6.45, 7) is 3.63. The number of benzene rings is 2. The zero-order chi connectivity index (χ0) is 21.3. The molecule has 0 radical (unpaired) electrons. The lowest BCUT2D eigenvalue weighted by Crippen LogP contribution is -2.39. The van der Waals surface area contributed by atoms with Crippen molar-refractivity contribution in [2.24, 2.45) is 11.0 Å². The Labute approximate surface area is 192 Å². The van der Waals surface area contributed by atoms with Gasteiger partial charge in [0, 0.05) is 29.1 Å². The maximum Gasteiger partial charge on any atom is 0.270 e. The van der Waals surface area contributed by atoms with Crippen molar-refractivity contribution in [3.63, 3.8) is 0 Å². The Kier molecular flexibility index (Phi) is 6.57. The first-order valence-electron chi connectivity index (χ1n) is 10.3. The highest BCUT2D eigenvalue weighted by Crippen LogP contribution is 2.42. The fraction of sp³-hybridized carbons (Fsp3) is 0.391. The van der Waals surface area contributed by atoms with Gasteiger partial charge in [-0.25, -0.2) is 0 Å². The van der Waals surface area contributed by atoms with E-state index in [-0.39, 0.29) is 17.9 Å². The molecule has 0 N–H and O–H groups in total. The van der Waals surface area contributed by atoms with Gasteiger partial charge in [-0.1, -0.05) is 66.7 Å². The van der Waals surface area contributed by atoms with Gasteiger partial charge in [-0.3, -0.25) is 9.80 Å². The van der Waals surface area contributed by atoms with Gasteiger partial charge in [-0.15, -0.1) is 0 Å². The Morgan fingerprint density at radius 1 is 0.933 bits per heavy atom. The van der Waals surface area contributed by atoms with Gasteiger partial charge >= 0.3 is 0 Å². The summed E-state index contributed by atoms with van der Waals surface area (Å²) in [7, 11) is 0. The van der Waals surface area contributed by atoms with Gasteiger partial charge in [0.05, 0.1) is 16.8 Å². The molecule has 0 saturated carbocycles. The zero-order valence-electron chi connectivity index (χ0n) is 16.8. The van der Waals surface area contributed by atoms with E-state index in [9.17, 15) is 4.79 Å². The largest absolute Gasteiger partial charge is 0.338 e. The lowest BCUT2D eigenvalue weighted by atomic mass is 9.90. The predicted molar refractivity (Wildman–Crippen MR) is 125 cm³/mol. The molecule has 0 aliphatic carbocycles. The number of likely N-dealkylation sites (tertiary alicyclic amines) is 1. The molecule has 0 aromatic heterocycles. The molecule has 30 heavy (non-hydrogen) atoms. The van der Waals surface area contributed by atoms with Crippen LogP contribution in [0.15, 0.2) is 47.6 Å². The van der Waals surface area contributed by atoms with E-state index < -0.39 is 0 Å². The van der Waals surface area contributed by atoms with Crippen molar-refractivity contribution in [3.8, 4) is 0 Å². The van der Waals surface area contributed by atoms with Crippen LogP contribution < -0.4 is 5.01 Å². The summed E-state index contributed by atoms with van der Waals surface area (Å²) >= 11 is 18.7. The molecule has 2 aliphatic heterocycles. The Bertz CT molecular complexity index is 953. The first-order chi connectivity index (χ1) is 14.5. The monoisotopic (exact) mass is 463 g/mol. The number of carbonyl (C=O) groups is 1. The Hall–Kier alpha value is -1.75. The van der Waals surface area contributed by atoms with E-state index in [2.05, 4.69) is 6.92 Å². The van der Waals surface area contributed by atoms with Crippen LogP contribution in [-0.2, 0) is 4.79 Å². The van der Waals surface area contributed by atoms with Gasteiger partial charge in [0.15, 0.2) is 0 Å². The van der Waals surface area contributed by atoms with Gasteiger partial charge in [0.1, 0.15) is 5.71 Å². The van der Waals surface area contributed by atoms with Crippen molar-refractivity contribution in [1.82, 2.24) is 4.90 Å². The molecule has 158 valence electrons. The molecule has 1 amide bonds. The molecule has 1 saturated heterocycles. The van der Waals surface area contributed by atoms with Crippen molar-refractivity contribution >= 4 is 52.1 Å². The van der Waals surface area contributed by atoms with E-state index in [1.54, 1.807) is 12.1 Å². The van der Waals surface area contributed by atoms with Crippen molar-refractivity contribution in [2.45, 2.75) is 38.6 Å². The SMILES string of the molecule is C[C@@H]1C(C(=O)N2CCCCCC2)=NN(c2ccc(Cl)cc2Cl)[C@@H]1c1ccc(Cl)cc1. The molecule has 2 atom stereocenters. The molecular weight excluding hydrogens is 441 g/mol. The molecule has 2 heterocycles. The average molecular weight is 465 g/mol. The minimum Gasteiger partial charge on any atom is -0.338 e. The number of halogens is 3. The molecule has 2 aliphatic rings. The highest BCUT2D eigenvalue weighted by atomic mass is 35.5. The fourth-order valence-electron chi connectivity index (χ4n) is 4.26. The summed E-state index contributed by atoms with van der Waals surface area (Å²) < 4.78 is 0. The van der Waals surface area contributed by atoms with Gasteiger partial charge < -0.3 is 4.90 Å². The van der Waals surface area contributed by atoms with Crippen LogP contribution in [-0.4, -0.2) is 29.6 Å². The van der Waals surface area contributed by atoms with E-state index in [1.807, 2.05) is 40.2 Å². The Morgan fingerprint density at radius 3 is 2.20 bits per heavy atom. The summed E-state index contributed by atoms with van der Waals surface area (Å²) in [5.41, 5.74) is 2.33. The normalized spacial score (nSPS) is 22.1. The lowest BCUT2D eigenvalue weighted by molar-refractivity contribution is -0.124. The van der Waals surface area contributed by atoms with Crippen molar-refractivity contribution in [3.05, 3.63) is 63.1 Å². The zero-order valence-corrected chi connectivity index (χ0v) is 19.1. The number of nitrogens with zero attached hydrogens (tertiary/aromatic N) is 3. The molecule has 4 nitrogen and oxygen atoms in total. The minimum atomic E-state index is -0.160. The topological polar surface area (TPSA) is 35.9 Å². The van der Waals surface area contributed by atoms with E-state index in [0.717, 1.165) is 37.2 Å². The van der Waals surface area contributed by atoms with Crippen LogP contribution in [0.5, 0.6) is 0 Å². The predicted octanol–water partition coefficient (Wildman–Crippen LogP) is 6.60. The molecule has 2 aromatic rings. The second-order valence-electron chi connectivity index (χ2n) is 7.92. The summed E-state index contributed by atoms with van der Waals surface area (Å²) in [5, 5.41) is 8.40. The number of carbonyl (C=O) groups excluding carboxylic acids is 1. The summed E-state index contributed by atoms with van der Waals surface area (Å²) in [6, 6.07) is 12.9. The second kappa shape index (κ2) is 9.17. The molecule has 7 heteroatoms. The summed E-state index contributed by atoms with van der Waals surface area (Å²) in [4.78, 5) is 15.4. The third-order valence-corrected chi connectivity index (χ3v) is 6.65. The molecule has 2 aromatic carbocycles. The smallest absolute Gasteiger partial charge is 0.270 e. The van der Waals surface area contributed by atoms with Crippen molar-refractivity contribution < 1.29 is 4.79 Å². The number of hydrazone groups is 1. The lowest BCUT2D eigenvalue weighted by Gasteiger charge is -2.28. The molecule has 1 fully saturated rings. The second-order valence-corrected chi connectivity index (χ2v) is 9.20. The van der Waals surface area contributed by atoms with Crippen molar-refractivity contribution in [2.75, 3.05) is 18.1 Å². The van der Waals surface area contributed by atoms with Crippen LogP contribution in [0.4, 0.5) is 5.69 Å². The van der Waals surface area contributed by atoms with Crippen LogP contribution in [0.3, 0.4) is 0 Å². The summed E-state index contributed by atoms with van der Waals surface area (Å²) in [6.07, 6.45) is 4.43. The van der Waals surface area contributed by atoms with Crippen LogP contribution in [0, 0.1) is 5.92 Å². The molecule has 4 rings (SSSR count). The molecule has 0 bridgehead atoms. The van der Waals surface area contributed by atoms with Gasteiger partial charge in [-0.05, 0) is 48.7 Å². The van der Waals surface area contributed by atoms with E-state index in [4.69, 9.17) is 39.9 Å². The van der Waals surface area contributed by atoms with Gasteiger partial charge in [0.25, 0.3) is 5.91 Å². The highest BCUT2D eigenvalue weighted by Gasteiger charge is 2.41. The average Bonchev–Trinajstić information content (AvgIpc) is 2.90. The summed E-state index contributed by atoms with van der Waals surface area (Å²) in [5.74, 6) is -0.0791. The quantitative estimate of drug-likeness (QED) is 0.513. The Morgan fingerprint density at radius 2 is 1.57 bits per heavy atom. The maximum absolute atomic E-state index is 13.4. The molecule has 0 spiro atoms. The van der Waals surface area contributed by atoms with Crippen LogP contribution in [0.1, 0.15) is 44.2 Å². The third-order valence-electron chi connectivity index (χ3n) is 5.86. The van der Waals surface area contributed by atoms with Crippen molar-refractivity contribution in [1.29, 1.82) is 0 Å². The van der Waals surface area contributed by atoms with E-state index in [0.29, 0.717) is 20.8 Å². The first kappa shape index (κ1) is 21.5. The minimum absolute atomic E-state index is 0.0240. The molecule has 0 unspecified atom stereocenters. The number of hydrogen-bond donors (Lipinski definition) is 0. The highest BCUT2D eigenvalue weighted by molar-refractivity contribution is 6.41. The fourth-order valence-corrected chi connectivity index (χ4v) is 4.89. The van der Waals surface area contributed by atoms with E-state index >= 15 is 0 Å². The van der Waals surface area contributed by atoms with Crippen LogP contribution in [0.2, 0.25) is 15.1 Å². The first-order valence-corrected chi connectivity index (χ1v) is 11.5. The van der Waals surface area contributed by atoms with Crippen LogP contribution in [0.25, 0.3) is 0 Å². The number of amides is 1. The number of hydrogen-bond acceptors (Lipinski definition) is 3. The number of rotatable bonds is 3.